The smallest absolute Gasteiger partial charge is 0.121 e. The predicted molar refractivity (Wildman–Crippen MR) is 74.5 cm³/mol. The third-order valence-electron chi connectivity index (χ3n) is 2.55. The first kappa shape index (κ1) is 14.3. The molecule has 0 aliphatic rings. The van der Waals surface area contributed by atoms with E-state index in [9.17, 15) is 0 Å². The van der Waals surface area contributed by atoms with Gasteiger partial charge < -0.3 is 9.47 Å². The zero-order chi connectivity index (χ0) is 13.2. The molecule has 0 bridgehead atoms. The van der Waals surface area contributed by atoms with E-state index in [0.717, 1.165) is 24.2 Å². The zero-order valence-electron chi connectivity index (χ0n) is 11.1. The SMILES string of the molecule is C#CC(C/C=C/CC)OCc1ccc(OC)cc1. The molecule has 2 nitrogen and oxygen atoms in total. The molecule has 18 heavy (non-hydrogen) atoms. The molecule has 0 fully saturated rings. The van der Waals surface area contributed by atoms with Crippen LogP contribution in [0.4, 0.5) is 0 Å². The first-order valence-corrected chi connectivity index (χ1v) is 6.15. The monoisotopic (exact) mass is 244 g/mol. The number of rotatable bonds is 7. The fourth-order valence-electron chi connectivity index (χ4n) is 1.49. The van der Waals surface area contributed by atoms with E-state index in [0.29, 0.717) is 6.61 Å². The van der Waals surface area contributed by atoms with Crippen molar-refractivity contribution in [2.75, 3.05) is 7.11 Å². The maximum Gasteiger partial charge on any atom is 0.121 e. The van der Waals surface area contributed by atoms with Crippen molar-refractivity contribution in [3.63, 3.8) is 0 Å². The summed E-state index contributed by atoms with van der Waals surface area (Å²) in [6.07, 6.45) is 11.2. The highest BCUT2D eigenvalue weighted by molar-refractivity contribution is 5.26. The van der Waals surface area contributed by atoms with Gasteiger partial charge in [0.15, 0.2) is 0 Å². The third kappa shape index (κ3) is 5.07. The molecule has 1 aromatic rings. The summed E-state index contributed by atoms with van der Waals surface area (Å²) in [6, 6.07) is 7.80. The summed E-state index contributed by atoms with van der Waals surface area (Å²) < 4.78 is 10.8. The van der Waals surface area contributed by atoms with Gasteiger partial charge in [0.05, 0.1) is 13.7 Å². The summed E-state index contributed by atoms with van der Waals surface area (Å²) in [7, 11) is 1.65. The van der Waals surface area contributed by atoms with Gasteiger partial charge in [0.2, 0.25) is 0 Å². The molecule has 0 N–H and O–H groups in total. The van der Waals surface area contributed by atoms with Crippen molar-refractivity contribution in [1.29, 1.82) is 0 Å². The third-order valence-corrected chi connectivity index (χ3v) is 2.55. The van der Waals surface area contributed by atoms with Crippen LogP contribution in [0.1, 0.15) is 25.3 Å². The van der Waals surface area contributed by atoms with Crippen molar-refractivity contribution in [3.8, 4) is 18.1 Å². The predicted octanol–water partition coefficient (Wildman–Crippen LogP) is 3.57. The molecule has 1 aromatic carbocycles. The number of terminal acetylenes is 1. The Morgan fingerprint density at radius 3 is 2.56 bits per heavy atom. The van der Waals surface area contributed by atoms with Crippen molar-refractivity contribution in [2.45, 2.75) is 32.5 Å². The fraction of sp³-hybridized carbons (Fsp3) is 0.375. The summed E-state index contributed by atoms with van der Waals surface area (Å²) in [6.45, 7) is 2.62. The molecule has 0 aromatic heterocycles. The van der Waals surface area contributed by atoms with Crippen molar-refractivity contribution in [2.24, 2.45) is 0 Å². The molecular formula is C16H20O2. The number of hydrogen-bond donors (Lipinski definition) is 0. The summed E-state index contributed by atoms with van der Waals surface area (Å²) in [5.41, 5.74) is 1.09. The van der Waals surface area contributed by atoms with Gasteiger partial charge in [-0.1, -0.05) is 37.1 Å². The van der Waals surface area contributed by atoms with Crippen LogP contribution >= 0.6 is 0 Å². The molecule has 96 valence electrons. The lowest BCUT2D eigenvalue weighted by molar-refractivity contribution is 0.0801. The van der Waals surface area contributed by atoms with E-state index in [1.807, 2.05) is 24.3 Å². The van der Waals surface area contributed by atoms with Gasteiger partial charge in [-0.15, -0.1) is 6.42 Å². The Balaban J connectivity index is 2.42. The van der Waals surface area contributed by atoms with Crippen LogP contribution in [0, 0.1) is 12.3 Å². The Labute approximate surface area is 110 Å². The minimum absolute atomic E-state index is 0.157. The normalized spacial score (nSPS) is 12.3. The minimum Gasteiger partial charge on any atom is -0.497 e. The molecule has 0 saturated heterocycles. The van der Waals surface area contributed by atoms with Gasteiger partial charge in [-0.3, -0.25) is 0 Å². The highest BCUT2D eigenvalue weighted by atomic mass is 16.5. The molecule has 0 aliphatic heterocycles. The quantitative estimate of drug-likeness (QED) is 0.539. The lowest BCUT2D eigenvalue weighted by Gasteiger charge is -2.10. The van der Waals surface area contributed by atoms with Crippen molar-refractivity contribution in [3.05, 3.63) is 42.0 Å². The van der Waals surface area contributed by atoms with Crippen LogP contribution in [0.15, 0.2) is 36.4 Å². The molecule has 0 heterocycles. The Hall–Kier alpha value is -1.72. The molecule has 2 heteroatoms. The second-order valence-corrected chi connectivity index (χ2v) is 3.93. The molecule has 0 radical (unpaired) electrons. The molecule has 0 spiro atoms. The van der Waals surface area contributed by atoms with E-state index < -0.39 is 0 Å². The van der Waals surface area contributed by atoms with Crippen molar-refractivity contribution >= 4 is 0 Å². The van der Waals surface area contributed by atoms with Crippen LogP contribution in [-0.4, -0.2) is 13.2 Å². The van der Waals surface area contributed by atoms with Gasteiger partial charge in [-0.05, 0) is 24.1 Å². The van der Waals surface area contributed by atoms with E-state index in [1.54, 1.807) is 7.11 Å². The van der Waals surface area contributed by atoms with Crippen LogP contribution in [0.5, 0.6) is 5.75 Å². The maximum atomic E-state index is 5.67. The van der Waals surface area contributed by atoms with Gasteiger partial charge in [0, 0.05) is 6.42 Å². The first-order valence-electron chi connectivity index (χ1n) is 6.15. The molecule has 0 amide bonds. The first-order chi connectivity index (χ1) is 8.80. The maximum absolute atomic E-state index is 5.67. The molecule has 0 saturated carbocycles. The van der Waals surface area contributed by atoms with Crippen molar-refractivity contribution in [1.82, 2.24) is 0 Å². The number of allylic oxidation sites excluding steroid dienone is 1. The number of ether oxygens (including phenoxy) is 2. The van der Waals surface area contributed by atoms with Crippen molar-refractivity contribution < 1.29 is 9.47 Å². The molecule has 1 unspecified atom stereocenters. The molecule has 1 atom stereocenters. The Morgan fingerprint density at radius 2 is 2.00 bits per heavy atom. The van der Waals surface area contributed by atoms with Gasteiger partial charge in [-0.2, -0.15) is 0 Å². The van der Waals surface area contributed by atoms with Crippen LogP contribution < -0.4 is 4.74 Å². The number of hydrogen-bond acceptors (Lipinski definition) is 2. The van der Waals surface area contributed by atoms with Gasteiger partial charge >= 0.3 is 0 Å². The topological polar surface area (TPSA) is 18.5 Å². The summed E-state index contributed by atoms with van der Waals surface area (Å²) in [5, 5.41) is 0. The van der Waals surface area contributed by atoms with E-state index in [4.69, 9.17) is 15.9 Å². The molecule has 1 rings (SSSR count). The summed E-state index contributed by atoms with van der Waals surface area (Å²) in [4.78, 5) is 0. The lowest BCUT2D eigenvalue weighted by atomic mass is 10.2. The standard InChI is InChI=1S/C16H20O2/c1-4-6-7-8-15(5-2)18-13-14-9-11-16(17-3)12-10-14/h2,6-7,9-12,15H,4,8,13H2,1,3H3/b7-6+. The van der Waals surface area contributed by atoms with Crippen LogP contribution in [0.25, 0.3) is 0 Å². The Morgan fingerprint density at radius 1 is 1.28 bits per heavy atom. The average molecular weight is 244 g/mol. The Bertz CT molecular complexity index is 398. The minimum atomic E-state index is -0.157. The Kier molecular flexibility index (Phi) is 6.68. The number of benzene rings is 1. The highest BCUT2D eigenvalue weighted by Crippen LogP contribution is 2.13. The fourth-order valence-corrected chi connectivity index (χ4v) is 1.49. The van der Waals surface area contributed by atoms with Crippen LogP contribution in [0.3, 0.4) is 0 Å². The zero-order valence-corrected chi connectivity index (χ0v) is 11.1. The summed E-state index contributed by atoms with van der Waals surface area (Å²) >= 11 is 0. The second kappa shape index (κ2) is 8.38. The highest BCUT2D eigenvalue weighted by Gasteiger charge is 2.03. The van der Waals surface area contributed by atoms with Crippen LogP contribution in [0.2, 0.25) is 0 Å². The van der Waals surface area contributed by atoms with Gasteiger partial charge in [0.1, 0.15) is 11.9 Å². The lowest BCUT2D eigenvalue weighted by Crippen LogP contribution is -2.09. The largest absolute Gasteiger partial charge is 0.497 e. The molecular weight excluding hydrogens is 224 g/mol. The van der Waals surface area contributed by atoms with E-state index in [2.05, 4.69) is 25.0 Å². The van der Waals surface area contributed by atoms with E-state index in [1.165, 1.54) is 0 Å². The van der Waals surface area contributed by atoms with Gasteiger partial charge in [-0.25, -0.2) is 0 Å². The van der Waals surface area contributed by atoms with E-state index >= 15 is 0 Å². The van der Waals surface area contributed by atoms with Crippen LogP contribution in [-0.2, 0) is 11.3 Å². The second-order valence-electron chi connectivity index (χ2n) is 3.93. The van der Waals surface area contributed by atoms with Gasteiger partial charge in [0.25, 0.3) is 0 Å². The summed E-state index contributed by atoms with van der Waals surface area (Å²) in [5.74, 6) is 3.50. The van der Waals surface area contributed by atoms with E-state index in [-0.39, 0.29) is 6.10 Å². The number of methoxy groups -OCH3 is 1. The average Bonchev–Trinajstić information content (AvgIpc) is 2.43. The molecule has 0 aliphatic carbocycles.